The Morgan fingerprint density at radius 3 is 2.60 bits per heavy atom. The van der Waals surface area contributed by atoms with Crippen LogP contribution in [-0.2, 0) is 13.6 Å². The van der Waals surface area contributed by atoms with Gasteiger partial charge in [-0.15, -0.1) is 0 Å². The van der Waals surface area contributed by atoms with E-state index in [0.717, 1.165) is 0 Å². The summed E-state index contributed by atoms with van der Waals surface area (Å²) in [5, 5.41) is 6.87. The third-order valence-electron chi connectivity index (χ3n) is 3.63. The van der Waals surface area contributed by atoms with Crippen molar-refractivity contribution in [1.82, 2.24) is 19.7 Å². The summed E-state index contributed by atoms with van der Waals surface area (Å²) >= 11 is 0. The number of amides is 2. The van der Waals surface area contributed by atoms with Gasteiger partial charge in [0, 0.05) is 14.1 Å². The lowest BCUT2D eigenvalue weighted by molar-refractivity contribution is 0.219. The maximum absolute atomic E-state index is 12.5. The number of ether oxygens (including phenoxy) is 1. The van der Waals surface area contributed by atoms with Gasteiger partial charge >= 0.3 is 6.03 Å². The van der Waals surface area contributed by atoms with E-state index in [0.29, 0.717) is 29.6 Å². The van der Waals surface area contributed by atoms with Crippen LogP contribution in [0.5, 0.6) is 11.5 Å². The van der Waals surface area contributed by atoms with E-state index in [-0.39, 0.29) is 6.03 Å². The first-order valence-corrected chi connectivity index (χ1v) is 7.80. The summed E-state index contributed by atoms with van der Waals surface area (Å²) < 4.78 is 7.49. The number of aromatic nitrogens is 3. The maximum atomic E-state index is 12.5. The second-order valence-corrected chi connectivity index (χ2v) is 5.50. The summed E-state index contributed by atoms with van der Waals surface area (Å²) in [7, 11) is 3.49. The van der Waals surface area contributed by atoms with Gasteiger partial charge in [0.1, 0.15) is 17.9 Å². The van der Waals surface area contributed by atoms with Crippen LogP contribution >= 0.6 is 0 Å². The van der Waals surface area contributed by atoms with Crippen LogP contribution in [0.15, 0.2) is 60.9 Å². The average Bonchev–Trinajstić information content (AvgIpc) is 3.02. The average molecular weight is 337 g/mol. The quantitative estimate of drug-likeness (QED) is 0.775. The van der Waals surface area contributed by atoms with Crippen LogP contribution in [0.4, 0.5) is 10.5 Å². The third-order valence-corrected chi connectivity index (χ3v) is 3.63. The Bertz CT molecular complexity index is 847. The normalized spacial score (nSPS) is 10.3. The van der Waals surface area contributed by atoms with Gasteiger partial charge < -0.3 is 15.0 Å². The summed E-state index contributed by atoms with van der Waals surface area (Å²) in [6, 6.07) is 16.5. The molecule has 0 spiro atoms. The highest BCUT2D eigenvalue weighted by Gasteiger charge is 2.14. The number of rotatable bonds is 5. The summed E-state index contributed by atoms with van der Waals surface area (Å²) in [6.07, 6.45) is 1.46. The Kier molecular flexibility index (Phi) is 4.94. The van der Waals surface area contributed by atoms with Gasteiger partial charge in [0.25, 0.3) is 0 Å². The number of urea groups is 1. The minimum Gasteiger partial charge on any atom is -0.455 e. The smallest absolute Gasteiger partial charge is 0.322 e. The highest BCUT2D eigenvalue weighted by atomic mass is 16.5. The number of anilines is 1. The zero-order chi connectivity index (χ0) is 17.6. The first-order valence-electron chi connectivity index (χ1n) is 7.80. The number of hydrogen-bond donors (Lipinski definition) is 1. The lowest BCUT2D eigenvalue weighted by Gasteiger charge is -2.18. The van der Waals surface area contributed by atoms with Gasteiger partial charge in [0.15, 0.2) is 5.75 Å². The predicted octanol–water partition coefficient (Wildman–Crippen LogP) is 3.27. The summed E-state index contributed by atoms with van der Waals surface area (Å²) in [5.41, 5.74) is 0.598. The molecule has 0 aliphatic heterocycles. The topological polar surface area (TPSA) is 72.3 Å². The van der Waals surface area contributed by atoms with Crippen LogP contribution in [0.1, 0.15) is 5.82 Å². The molecule has 3 rings (SSSR count). The largest absolute Gasteiger partial charge is 0.455 e. The Hall–Kier alpha value is -3.35. The van der Waals surface area contributed by atoms with Crippen LogP contribution in [0.3, 0.4) is 0 Å². The zero-order valence-corrected chi connectivity index (χ0v) is 14.1. The Morgan fingerprint density at radius 2 is 1.88 bits per heavy atom. The molecule has 2 amide bonds. The molecule has 0 saturated heterocycles. The third kappa shape index (κ3) is 4.14. The molecule has 128 valence electrons. The molecule has 0 bridgehead atoms. The lowest BCUT2D eigenvalue weighted by Crippen LogP contribution is -2.31. The maximum Gasteiger partial charge on any atom is 0.322 e. The molecule has 0 unspecified atom stereocenters. The fourth-order valence-electron chi connectivity index (χ4n) is 2.23. The van der Waals surface area contributed by atoms with Crippen molar-refractivity contribution >= 4 is 11.7 Å². The van der Waals surface area contributed by atoms with Crippen molar-refractivity contribution in [1.29, 1.82) is 0 Å². The van der Waals surface area contributed by atoms with Gasteiger partial charge in [-0.3, -0.25) is 4.68 Å². The first-order chi connectivity index (χ1) is 12.1. The number of benzene rings is 2. The van der Waals surface area contributed by atoms with E-state index < -0.39 is 0 Å². The molecule has 0 saturated carbocycles. The molecular weight excluding hydrogens is 318 g/mol. The number of aryl methyl sites for hydroxylation is 1. The molecule has 0 aliphatic rings. The van der Waals surface area contributed by atoms with Crippen molar-refractivity contribution < 1.29 is 9.53 Å². The highest BCUT2D eigenvalue weighted by Crippen LogP contribution is 2.29. The minimum atomic E-state index is -0.257. The summed E-state index contributed by atoms with van der Waals surface area (Å²) in [5.74, 6) is 1.98. The van der Waals surface area contributed by atoms with Gasteiger partial charge in [-0.25, -0.2) is 9.78 Å². The Labute approximate surface area is 145 Å². The Morgan fingerprint density at radius 1 is 1.16 bits per heavy atom. The van der Waals surface area contributed by atoms with Gasteiger partial charge in [-0.1, -0.05) is 30.3 Å². The van der Waals surface area contributed by atoms with Gasteiger partial charge in [0.2, 0.25) is 0 Å². The summed E-state index contributed by atoms with van der Waals surface area (Å²) in [4.78, 5) is 18.1. The fourth-order valence-corrected chi connectivity index (χ4v) is 2.23. The van der Waals surface area contributed by atoms with Crippen LogP contribution in [0.2, 0.25) is 0 Å². The standard InChI is InChI=1S/C18H19N5O2/c1-22(12-17-19-13-20-23(17)2)18(24)21-15-10-6-7-11-16(15)25-14-8-4-3-5-9-14/h3-11,13H,12H2,1-2H3,(H,21,24). The molecule has 1 N–H and O–H groups in total. The number of carbonyl (C=O) groups excluding carboxylic acids is 1. The Balaban J connectivity index is 1.70. The van der Waals surface area contributed by atoms with E-state index in [1.807, 2.05) is 48.5 Å². The lowest BCUT2D eigenvalue weighted by atomic mass is 10.3. The van der Waals surface area contributed by atoms with E-state index in [1.165, 1.54) is 11.2 Å². The molecule has 7 nitrogen and oxygen atoms in total. The van der Waals surface area contributed by atoms with Crippen molar-refractivity contribution in [2.24, 2.45) is 7.05 Å². The molecular formula is C18H19N5O2. The number of carbonyl (C=O) groups is 1. The number of para-hydroxylation sites is 3. The number of nitrogens with one attached hydrogen (secondary N) is 1. The van der Waals surface area contributed by atoms with E-state index in [9.17, 15) is 4.79 Å². The van der Waals surface area contributed by atoms with Crippen molar-refractivity contribution in [3.8, 4) is 11.5 Å². The molecule has 2 aromatic carbocycles. The number of hydrogen-bond acceptors (Lipinski definition) is 4. The predicted molar refractivity (Wildman–Crippen MR) is 94.4 cm³/mol. The molecule has 0 fully saturated rings. The van der Waals surface area contributed by atoms with E-state index >= 15 is 0 Å². The van der Waals surface area contributed by atoms with Gasteiger partial charge in [-0.05, 0) is 24.3 Å². The van der Waals surface area contributed by atoms with Gasteiger partial charge in [-0.2, -0.15) is 5.10 Å². The molecule has 0 radical (unpaired) electrons. The van der Waals surface area contributed by atoms with Crippen LogP contribution < -0.4 is 10.1 Å². The summed E-state index contributed by atoms with van der Waals surface area (Å²) in [6.45, 7) is 0.351. The fraction of sp³-hybridized carbons (Fsp3) is 0.167. The molecule has 7 heteroatoms. The number of nitrogens with zero attached hydrogens (tertiary/aromatic N) is 4. The van der Waals surface area contributed by atoms with E-state index in [4.69, 9.17) is 4.74 Å². The highest BCUT2D eigenvalue weighted by molar-refractivity contribution is 5.90. The first kappa shape index (κ1) is 16.5. The van der Waals surface area contributed by atoms with Crippen LogP contribution in [0, 0.1) is 0 Å². The zero-order valence-electron chi connectivity index (χ0n) is 14.1. The van der Waals surface area contributed by atoms with Crippen molar-refractivity contribution in [2.45, 2.75) is 6.54 Å². The second kappa shape index (κ2) is 7.48. The molecule has 1 heterocycles. The van der Waals surface area contributed by atoms with Crippen molar-refractivity contribution in [2.75, 3.05) is 12.4 Å². The van der Waals surface area contributed by atoms with Gasteiger partial charge in [0.05, 0.1) is 12.2 Å². The van der Waals surface area contributed by atoms with E-state index in [1.54, 1.807) is 24.8 Å². The molecule has 0 aliphatic carbocycles. The monoisotopic (exact) mass is 337 g/mol. The SMILES string of the molecule is CN(Cc1ncnn1C)C(=O)Nc1ccccc1Oc1ccccc1. The minimum absolute atomic E-state index is 0.257. The van der Waals surface area contributed by atoms with Crippen molar-refractivity contribution in [3.05, 3.63) is 66.7 Å². The molecule has 25 heavy (non-hydrogen) atoms. The van der Waals surface area contributed by atoms with Crippen molar-refractivity contribution in [3.63, 3.8) is 0 Å². The van der Waals surface area contributed by atoms with Crippen LogP contribution in [0.25, 0.3) is 0 Å². The van der Waals surface area contributed by atoms with E-state index in [2.05, 4.69) is 15.4 Å². The molecule has 1 aromatic heterocycles. The second-order valence-electron chi connectivity index (χ2n) is 5.50. The molecule has 0 atom stereocenters. The van der Waals surface area contributed by atoms with Crippen LogP contribution in [-0.4, -0.2) is 32.7 Å². The molecule has 3 aromatic rings.